The van der Waals surface area contributed by atoms with Gasteiger partial charge in [-0.15, -0.1) is 0 Å². The van der Waals surface area contributed by atoms with Gasteiger partial charge < -0.3 is 14.6 Å². The Kier molecular flexibility index (Phi) is 7.36. The number of aromatic nitrogens is 1. The first-order chi connectivity index (χ1) is 9.95. The van der Waals surface area contributed by atoms with Crippen LogP contribution in [-0.2, 0) is 6.42 Å². The van der Waals surface area contributed by atoms with Gasteiger partial charge in [-0.05, 0) is 44.2 Å². The molecule has 0 aliphatic heterocycles. The van der Waals surface area contributed by atoms with E-state index in [2.05, 4.69) is 4.98 Å². The summed E-state index contributed by atoms with van der Waals surface area (Å²) in [5, 5.41) is 11.4. The minimum atomic E-state index is -1.29. The molecule has 4 nitrogen and oxygen atoms in total. The Morgan fingerprint density at radius 3 is 2.68 bits per heavy atom. The van der Waals surface area contributed by atoms with Crippen LogP contribution in [0.4, 0.5) is 0 Å². The van der Waals surface area contributed by atoms with Gasteiger partial charge in [0.2, 0.25) is 0 Å². The third-order valence-electron chi connectivity index (χ3n) is 2.77. The van der Waals surface area contributed by atoms with E-state index in [4.69, 9.17) is 16.3 Å². The van der Waals surface area contributed by atoms with E-state index in [9.17, 15) is 9.90 Å². The van der Waals surface area contributed by atoms with Crippen molar-refractivity contribution in [3.05, 3.63) is 58.4 Å². The SMILES string of the molecule is CC(C)Oc1ccc(Cl)cc1Cc1cccc(C(=O)[O-])n1.[Na+]. The molecular weight excluding hydrogens is 313 g/mol. The minimum Gasteiger partial charge on any atom is -0.543 e. The molecule has 0 N–H and O–H groups in total. The summed E-state index contributed by atoms with van der Waals surface area (Å²) in [6.45, 7) is 3.88. The average Bonchev–Trinajstić information content (AvgIpc) is 2.42. The van der Waals surface area contributed by atoms with E-state index in [1.807, 2.05) is 13.8 Å². The predicted molar refractivity (Wildman–Crippen MR) is 78.6 cm³/mol. The van der Waals surface area contributed by atoms with Crippen LogP contribution in [0.25, 0.3) is 0 Å². The van der Waals surface area contributed by atoms with Gasteiger partial charge in [0.1, 0.15) is 5.75 Å². The number of carboxylic acids is 1. The summed E-state index contributed by atoms with van der Waals surface area (Å²) < 4.78 is 5.74. The first-order valence-electron chi connectivity index (χ1n) is 6.58. The molecule has 110 valence electrons. The van der Waals surface area contributed by atoms with E-state index in [0.717, 1.165) is 11.3 Å². The molecule has 0 saturated heterocycles. The van der Waals surface area contributed by atoms with Gasteiger partial charge in [-0.1, -0.05) is 17.7 Å². The van der Waals surface area contributed by atoms with Crippen molar-refractivity contribution in [2.45, 2.75) is 26.4 Å². The number of halogens is 1. The zero-order chi connectivity index (χ0) is 15.4. The van der Waals surface area contributed by atoms with Gasteiger partial charge in [-0.25, -0.2) is 0 Å². The molecule has 0 radical (unpaired) electrons. The van der Waals surface area contributed by atoms with Crippen LogP contribution in [0.2, 0.25) is 5.02 Å². The summed E-state index contributed by atoms with van der Waals surface area (Å²) in [5.41, 5.74) is 1.40. The summed E-state index contributed by atoms with van der Waals surface area (Å²) in [7, 11) is 0. The average molecular weight is 328 g/mol. The number of carboxylic acid groups (broad SMARTS) is 1. The van der Waals surface area contributed by atoms with Crippen molar-refractivity contribution in [1.82, 2.24) is 4.98 Å². The Morgan fingerprint density at radius 1 is 1.32 bits per heavy atom. The molecule has 0 spiro atoms. The van der Waals surface area contributed by atoms with Crippen molar-refractivity contribution in [2.24, 2.45) is 0 Å². The normalized spacial score (nSPS) is 10.2. The Morgan fingerprint density at radius 2 is 2.05 bits per heavy atom. The fraction of sp³-hybridized carbons (Fsp3) is 0.250. The number of carbonyl (C=O) groups excluding carboxylic acids is 1. The molecule has 0 aliphatic carbocycles. The maximum absolute atomic E-state index is 10.9. The van der Waals surface area contributed by atoms with Crippen LogP contribution in [0.15, 0.2) is 36.4 Å². The second-order valence-corrected chi connectivity index (χ2v) is 5.33. The second kappa shape index (κ2) is 8.53. The van der Waals surface area contributed by atoms with E-state index >= 15 is 0 Å². The van der Waals surface area contributed by atoms with Gasteiger partial charge in [0.15, 0.2) is 0 Å². The topological polar surface area (TPSA) is 62.2 Å². The van der Waals surface area contributed by atoms with Crippen LogP contribution < -0.4 is 39.4 Å². The molecule has 0 unspecified atom stereocenters. The number of ether oxygens (including phenoxy) is 1. The van der Waals surface area contributed by atoms with Gasteiger partial charge in [0.25, 0.3) is 0 Å². The smallest absolute Gasteiger partial charge is 0.543 e. The fourth-order valence-electron chi connectivity index (χ4n) is 1.94. The maximum Gasteiger partial charge on any atom is 1.00 e. The Labute approximate surface area is 156 Å². The number of rotatable bonds is 5. The Bertz CT molecular complexity index is 662. The number of hydrogen-bond donors (Lipinski definition) is 0. The summed E-state index contributed by atoms with van der Waals surface area (Å²) in [5.74, 6) is -0.573. The van der Waals surface area contributed by atoms with Crippen molar-refractivity contribution in [1.29, 1.82) is 0 Å². The van der Waals surface area contributed by atoms with Crippen molar-refractivity contribution in [3.8, 4) is 5.75 Å². The number of aromatic carboxylic acids is 1. The largest absolute Gasteiger partial charge is 1.00 e. The first-order valence-corrected chi connectivity index (χ1v) is 6.96. The zero-order valence-corrected chi connectivity index (χ0v) is 15.6. The van der Waals surface area contributed by atoms with Gasteiger partial charge in [-0.2, -0.15) is 0 Å². The van der Waals surface area contributed by atoms with E-state index in [0.29, 0.717) is 17.1 Å². The molecule has 0 atom stereocenters. The molecule has 2 rings (SSSR count). The molecule has 1 heterocycles. The van der Waals surface area contributed by atoms with Crippen LogP contribution in [0.5, 0.6) is 5.75 Å². The molecule has 22 heavy (non-hydrogen) atoms. The molecule has 0 saturated carbocycles. The van der Waals surface area contributed by atoms with Crippen LogP contribution in [0.1, 0.15) is 35.6 Å². The number of benzene rings is 1. The summed E-state index contributed by atoms with van der Waals surface area (Å²) in [6, 6.07) is 10.2. The summed E-state index contributed by atoms with van der Waals surface area (Å²) in [4.78, 5) is 14.9. The molecule has 0 fully saturated rings. The molecule has 6 heteroatoms. The van der Waals surface area contributed by atoms with E-state index in [-0.39, 0.29) is 41.4 Å². The number of carbonyl (C=O) groups is 1. The zero-order valence-electron chi connectivity index (χ0n) is 12.8. The van der Waals surface area contributed by atoms with E-state index in [1.54, 1.807) is 30.3 Å². The van der Waals surface area contributed by atoms with Crippen molar-refractivity contribution in [2.75, 3.05) is 0 Å². The quantitative estimate of drug-likeness (QED) is 0.693. The van der Waals surface area contributed by atoms with Crippen LogP contribution in [0.3, 0.4) is 0 Å². The van der Waals surface area contributed by atoms with Crippen LogP contribution >= 0.6 is 11.6 Å². The molecule has 2 aromatic rings. The number of nitrogens with zero attached hydrogens (tertiary/aromatic N) is 1. The monoisotopic (exact) mass is 327 g/mol. The Hall–Kier alpha value is -1.07. The van der Waals surface area contributed by atoms with Crippen molar-refractivity contribution < 1.29 is 44.2 Å². The van der Waals surface area contributed by atoms with Gasteiger partial charge in [0, 0.05) is 22.7 Å². The number of hydrogen-bond acceptors (Lipinski definition) is 4. The van der Waals surface area contributed by atoms with Crippen molar-refractivity contribution >= 4 is 17.6 Å². The molecule has 0 aliphatic rings. The molecule has 0 bridgehead atoms. The summed E-state index contributed by atoms with van der Waals surface area (Å²) in [6.07, 6.45) is 0.469. The fourth-order valence-corrected chi connectivity index (χ4v) is 2.14. The Balaban J connectivity index is 0.00000242. The van der Waals surface area contributed by atoms with Crippen molar-refractivity contribution in [3.63, 3.8) is 0 Å². The molecule has 1 aromatic carbocycles. The van der Waals surface area contributed by atoms with Crippen LogP contribution in [0, 0.1) is 0 Å². The summed E-state index contributed by atoms with van der Waals surface area (Å²) >= 11 is 6.02. The minimum absolute atomic E-state index is 0. The van der Waals surface area contributed by atoms with Gasteiger partial charge in [-0.3, -0.25) is 4.98 Å². The third-order valence-corrected chi connectivity index (χ3v) is 3.01. The molecule has 0 amide bonds. The maximum atomic E-state index is 10.9. The molecular formula is C16H15ClNNaO3. The number of pyridine rings is 1. The standard InChI is InChI=1S/C16H16ClNO3.Na/c1-10(2)21-15-7-6-12(17)8-11(15)9-13-4-3-5-14(18-13)16(19)20;/h3-8,10H,9H2,1-2H3,(H,19,20);/q;+1/p-1. The van der Waals surface area contributed by atoms with Crippen LogP contribution in [-0.4, -0.2) is 17.1 Å². The predicted octanol–water partition coefficient (Wildman–Crippen LogP) is -0.520. The molecule has 1 aromatic heterocycles. The van der Waals surface area contributed by atoms with E-state index in [1.165, 1.54) is 6.07 Å². The van der Waals surface area contributed by atoms with Gasteiger partial charge in [0.05, 0.1) is 17.8 Å². The third kappa shape index (κ3) is 5.29. The van der Waals surface area contributed by atoms with E-state index < -0.39 is 5.97 Å². The second-order valence-electron chi connectivity index (χ2n) is 4.90. The van der Waals surface area contributed by atoms with Gasteiger partial charge >= 0.3 is 29.6 Å². The first kappa shape index (κ1) is 19.0.